The van der Waals surface area contributed by atoms with Crippen LogP contribution in [-0.2, 0) is 4.74 Å². The van der Waals surface area contributed by atoms with Crippen LogP contribution in [0.3, 0.4) is 0 Å². The van der Waals surface area contributed by atoms with Crippen LogP contribution in [-0.4, -0.2) is 25.8 Å². The molecule has 0 spiro atoms. The number of ether oxygens (including phenoxy) is 1. The minimum Gasteiger partial charge on any atom is -0.379 e. The SMILES string of the molecule is CCCCC(CC)(CCC(C)(C)OC)CNCC(C)C. The van der Waals surface area contributed by atoms with Crippen LogP contribution in [0.25, 0.3) is 0 Å². The molecule has 0 saturated carbocycles. The highest BCUT2D eigenvalue weighted by Crippen LogP contribution is 2.36. The van der Waals surface area contributed by atoms with Crippen molar-refractivity contribution in [3.05, 3.63) is 0 Å². The van der Waals surface area contributed by atoms with Crippen LogP contribution < -0.4 is 5.32 Å². The number of nitrogens with one attached hydrogen (secondary N) is 1. The van der Waals surface area contributed by atoms with Crippen LogP contribution in [0.4, 0.5) is 0 Å². The summed E-state index contributed by atoms with van der Waals surface area (Å²) in [5.41, 5.74) is 0.450. The fraction of sp³-hybridized carbons (Fsp3) is 1.00. The first-order chi connectivity index (χ1) is 9.31. The molecule has 0 rings (SSSR count). The molecule has 0 bridgehead atoms. The van der Waals surface area contributed by atoms with Crippen LogP contribution >= 0.6 is 0 Å². The Hall–Kier alpha value is -0.0800. The van der Waals surface area contributed by atoms with Crippen molar-refractivity contribution in [2.75, 3.05) is 20.2 Å². The molecular weight excluding hydrogens is 246 g/mol. The van der Waals surface area contributed by atoms with Gasteiger partial charge in [-0.3, -0.25) is 0 Å². The van der Waals surface area contributed by atoms with E-state index in [1.165, 1.54) is 32.1 Å². The average molecular weight is 286 g/mol. The van der Waals surface area contributed by atoms with Gasteiger partial charge in [-0.2, -0.15) is 0 Å². The molecule has 122 valence electrons. The maximum absolute atomic E-state index is 5.60. The van der Waals surface area contributed by atoms with Crippen molar-refractivity contribution in [2.45, 2.75) is 85.7 Å². The number of rotatable bonds is 12. The number of hydrogen-bond donors (Lipinski definition) is 1. The van der Waals surface area contributed by atoms with Crippen molar-refractivity contribution in [2.24, 2.45) is 11.3 Å². The summed E-state index contributed by atoms with van der Waals surface area (Å²) in [5.74, 6) is 0.728. The van der Waals surface area contributed by atoms with E-state index in [-0.39, 0.29) is 5.60 Å². The molecule has 0 aromatic heterocycles. The van der Waals surface area contributed by atoms with Gasteiger partial charge in [-0.1, -0.05) is 40.5 Å². The average Bonchev–Trinajstić information content (AvgIpc) is 2.41. The lowest BCUT2D eigenvalue weighted by molar-refractivity contribution is 0.00161. The Morgan fingerprint density at radius 3 is 2.15 bits per heavy atom. The third-order valence-corrected chi connectivity index (χ3v) is 4.67. The topological polar surface area (TPSA) is 21.3 Å². The molecule has 0 fully saturated rings. The second-order valence-corrected chi connectivity index (χ2v) is 7.45. The molecule has 0 aliphatic rings. The minimum absolute atomic E-state index is 0.00465. The van der Waals surface area contributed by atoms with Gasteiger partial charge in [0.1, 0.15) is 0 Å². The van der Waals surface area contributed by atoms with E-state index in [9.17, 15) is 0 Å². The van der Waals surface area contributed by atoms with E-state index in [2.05, 4.69) is 46.9 Å². The van der Waals surface area contributed by atoms with Crippen LogP contribution in [0.2, 0.25) is 0 Å². The van der Waals surface area contributed by atoms with Crippen LogP contribution in [0.15, 0.2) is 0 Å². The third-order valence-electron chi connectivity index (χ3n) is 4.67. The molecule has 0 aliphatic carbocycles. The second kappa shape index (κ2) is 9.78. The van der Waals surface area contributed by atoms with Crippen LogP contribution in [0.5, 0.6) is 0 Å². The van der Waals surface area contributed by atoms with Crippen molar-refractivity contribution >= 4 is 0 Å². The minimum atomic E-state index is 0.00465. The third kappa shape index (κ3) is 8.26. The Balaban J connectivity index is 4.57. The number of unbranched alkanes of at least 4 members (excludes halogenated alkanes) is 1. The van der Waals surface area contributed by atoms with E-state index >= 15 is 0 Å². The van der Waals surface area contributed by atoms with Gasteiger partial charge in [0.25, 0.3) is 0 Å². The van der Waals surface area contributed by atoms with Crippen molar-refractivity contribution < 1.29 is 4.74 Å². The summed E-state index contributed by atoms with van der Waals surface area (Å²) in [4.78, 5) is 0. The summed E-state index contributed by atoms with van der Waals surface area (Å²) in [6.45, 7) is 15.9. The Labute approximate surface area is 128 Å². The quantitative estimate of drug-likeness (QED) is 0.543. The first-order valence-electron chi connectivity index (χ1n) is 8.56. The highest BCUT2D eigenvalue weighted by Gasteiger charge is 2.30. The molecule has 2 heteroatoms. The van der Waals surface area contributed by atoms with Crippen molar-refractivity contribution in [1.82, 2.24) is 5.32 Å². The van der Waals surface area contributed by atoms with Gasteiger partial charge in [0.2, 0.25) is 0 Å². The molecule has 0 amide bonds. The molecule has 0 heterocycles. The lowest BCUT2D eigenvalue weighted by Crippen LogP contribution is -2.37. The lowest BCUT2D eigenvalue weighted by atomic mass is 9.74. The Kier molecular flexibility index (Phi) is 9.74. The lowest BCUT2D eigenvalue weighted by Gasteiger charge is -2.36. The maximum atomic E-state index is 5.60. The van der Waals surface area contributed by atoms with Gasteiger partial charge in [-0.05, 0) is 57.4 Å². The summed E-state index contributed by atoms with van der Waals surface area (Å²) < 4.78 is 5.60. The van der Waals surface area contributed by atoms with Gasteiger partial charge in [0.15, 0.2) is 0 Å². The van der Waals surface area contributed by atoms with Gasteiger partial charge >= 0.3 is 0 Å². The van der Waals surface area contributed by atoms with Crippen molar-refractivity contribution in [1.29, 1.82) is 0 Å². The molecule has 0 aliphatic heterocycles. The monoisotopic (exact) mass is 285 g/mol. The standard InChI is InChI=1S/C18H39NO/c1-8-10-11-18(9-2,15-19-14-16(3)4)13-12-17(5,6)20-7/h16,19H,8-15H2,1-7H3. The van der Waals surface area contributed by atoms with E-state index < -0.39 is 0 Å². The van der Waals surface area contributed by atoms with Gasteiger partial charge in [0, 0.05) is 13.7 Å². The number of hydrogen-bond acceptors (Lipinski definition) is 2. The van der Waals surface area contributed by atoms with Crippen molar-refractivity contribution in [3.63, 3.8) is 0 Å². The highest BCUT2D eigenvalue weighted by molar-refractivity contribution is 4.84. The predicted molar refractivity (Wildman–Crippen MR) is 90.3 cm³/mol. The molecule has 0 aromatic rings. The summed E-state index contributed by atoms with van der Waals surface area (Å²) in [7, 11) is 1.83. The van der Waals surface area contributed by atoms with Gasteiger partial charge in [0.05, 0.1) is 5.60 Å². The molecule has 1 N–H and O–H groups in total. The summed E-state index contributed by atoms with van der Waals surface area (Å²) >= 11 is 0. The molecule has 0 saturated heterocycles. The van der Waals surface area contributed by atoms with E-state index in [0.717, 1.165) is 25.4 Å². The van der Waals surface area contributed by atoms with E-state index in [4.69, 9.17) is 4.74 Å². The Morgan fingerprint density at radius 2 is 1.70 bits per heavy atom. The van der Waals surface area contributed by atoms with Gasteiger partial charge in [-0.25, -0.2) is 0 Å². The van der Waals surface area contributed by atoms with Crippen LogP contribution in [0, 0.1) is 11.3 Å². The molecule has 0 radical (unpaired) electrons. The molecule has 0 aromatic carbocycles. The Morgan fingerprint density at radius 1 is 1.05 bits per heavy atom. The zero-order chi connectivity index (χ0) is 15.6. The molecule has 1 unspecified atom stereocenters. The summed E-state index contributed by atoms with van der Waals surface area (Å²) in [6, 6.07) is 0. The van der Waals surface area contributed by atoms with E-state index in [1.54, 1.807) is 0 Å². The summed E-state index contributed by atoms with van der Waals surface area (Å²) in [5, 5.41) is 3.70. The zero-order valence-electron chi connectivity index (χ0n) is 15.1. The molecular formula is C18H39NO. The zero-order valence-corrected chi connectivity index (χ0v) is 15.1. The second-order valence-electron chi connectivity index (χ2n) is 7.45. The first kappa shape index (κ1) is 19.9. The molecule has 2 nitrogen and oxygen atoms in total. The van der Waals surface area contributed by atoms with Crippen molar-refractivity contribution in [3.8, 4) is 0 Å². The normalized spacial score (nSPS) is 15.6. The first-order valence-corrected chi connectivity index (χ1v) is 8.56. The smallest absolute Gasteiger partial charge is 0.0623 e. The van der Waals surface area contributed by atoms with Gasteiger partial charge < -0.3 is 10.1 Å². The molecule has 20 heavy (non-hydrogen) atoms. The Bertz CT molecular complexity index is 238. The van der Waals surface area contributed by atoms with E-state index in [0.29, 0.717) is 5.41 Å². The predicted octanol–water partition coefficient (Wildman–Crippen LogP) is 5.02. The fourth-order valence-corrected chi connectivity index (χ4v) is 2.63. The van der Waals surface area contributed by atoms with E-state index in [1.807, 2.05) is 7.11 Å². The highest BCUT2D eigenvalue weighted by atomic mass is 16.5. The summed E-state index contributed by atoms with van der Waals surface area (Å²) in [6.07, 6.45) is 7.63. The van der Waals surface area contributed by atoms with Gasteiger partial charge in [-0.15, -0.1) is 0 Å². The maximum Gasteiger partial charge on any atom is 0.0623 e. The molecule has 1 atom stereocenters. The fourth-order valence-electron chi connectivity index (χ4n) is 2.63. The van der Waals surface area contributed by atoms with Crippen LogP contribution in [0.1, 0.15) is 80.1 Å². The largest absolute Gasteiger partial charge is 0.379 e. The number of methoxy groups -OCH3 is 1.